The molecule has 2 bridgehead atoms. The largest absolute Gasteiger partial charge is 0.373 e. The van der Waals surface area contributed by atoms with Crippen LogP contribution in [-0.4, -0.2) is 55.3 Å². The van der Waals surface area contributed by atoms with E-state index in [-0.39, 0.29) is 24.0 Å². The normalized spacial score (nSPS) is 29.5. The number of piperidine rings is 1. The molecule has 0 radical (unpaired) electrons. The molecule has 2 N–H and O–H groups in total. The second kappa shape index (κ2) is 10.6. The maximum absolute atomic E-state index is 6.00. The molecule has 4 atom stereocenters. The number of hydrogen-bond acceptors (Lipinski definition) is 4. The zero-order chi connectivity index (χ0) is 18.6. The summed E-state index contributed by atoms with van der Waals surface area (Å²) in [6.45, 7) is 8.58. The summed E-state index contributed by atoms with van der Waals surface area (Å²) >= 11 is 1.86. The summed E-state index contributed by atoms with van der Waals surface area (Å²) in [7, 11) is 0. The molecule has 0 aliphatic carbocycles. The second-order valence-electron chi connectivity index (χ2n) is 8.33. The molecule has 4 unspecified atom stereocenters. The first-order valence-electron chi connectivity index (χ1n) is 10.7. The first kappa shape index (κ1) is 22.3. The molecule has 4 heterocycles. The summed E-state index contributed by atoms with van der Waals surface area (Å²) < 4.78 is 6.00. The van der Waals surface area contributed by atoms with Crippen LogP contribution >= 0.6 is 35.3 Å². The molecule has 1 aromatic heterocycles. The number of halogens is 1. The summed E-state index contributed by atoms with van der Waals surface area (Å²) in [6, 6.07) is 5.24. The number of nitrogens with one attached hydrogen (secondary N) is 2. The van der Waals surface area contributed by atoms with Crippen LogP contribution in [0.3, 0.4) is 0 Å². The van der Waals surface area contributed by atoms with Gasteiger partial charge in [-0.15, -0.1) is 35.3 Å². The lowest BCUT2D eigenvalue weighted by molar-refractivity contribution is 0.0992. The van der Waals surface area contributed by atoms with Crippen LogP contribution in [0.5, 0.6) is 0 Å². The zero-order valence-electron chi connectivity index (χ0n) is 17.1. The van der Waals surface area contributed by atoms with Crippen LogP contribution in [0.4, 0.5) is 0 Å². The Morgan fingerprint density at radius 1 is 1.32 bits per heavy atom. The maximum Gasteiger partial charge on any atom is 0.191 e. The average molecular weight is 519 g/mol. The Hall–Kier alpha value is -0.380. The van der Waals surface area contributed by atoms with Crippen molar-refractivity contribution >= 4 is 41.3 Å². The standard InChI is InChI=1S/C21H34N4OS.HI/c1-3-22-21(24-17-13-16-6-7-19(17)26-16)23-14-18(20-5-4-12-27-20)25-10-8-15(2)9-11-25;/h4-5,12,15-19H,3,6-11,13-14H2,1-2H3,(H2,22,23,24);1H. The fraction of sp³-hybridized carbons (Fsp3) is 0.762. The van der Waals surface area contributed by atoms with Crippen molar-refractivity contribution in [1.29, 1.82) is 0 Å². The molecule has 0 saturated carbocycles. The molecule has 3 aliphatic rings. The van der Waals surface area contributed by atoms with Crippen LogP contribution in [0.2, 0.25) is 0 Å². The predicted octanol–water partition coefficient (Wildman–Crippen LogP) is 4.01. The maximum atomic E-state index is 6.00. The Kier molecular flexibility index (Phi) is 8.44. The molecule has 5 nitrogen and oxygen atoms in total. The van der Waals surface area contributed by atoms with Crippen molar-refractivity contribution in [1.82, 2.24) is 15.5 Å². The number of hydrogen-bond donors (Lipinski definition) is 2. The van der Waals surface area contributed by atoms with Crippen LogP contribution in [0.1, 0.15) is 56.9 Å². The lowest BCUT2D eigenvalue weighted by Crippen LogP contribution is -2.47. The van der Waals surface area contributed by atoms with E-state index in [1.807, 2.05) is 11.3 Å². The van der Waals surface area contributed by atoms with Gasteiger partial charge in [0.15, 0.2) is 5.96 Å². The molecule has 3 fully saturated rings. The summed E-state index contributed by atoms with van der Waals surface area (Å²) in [6.07, 6.45) is 6.96. The van der Waals surface area contributed by atoms with Crippen molar-refractivity contribution in [2.45, 2.75) is 70.2 Å². The van der Waals surface area contributed by atoms with Gasteiger partial charge in [0.05, 0.1) is 30.8 Å². The summed E-state index contributed by atoms with van der Waals surface area (Å²) in [5.41, 5.74) is 0. The van der Waals surface area contributed by atoms with Gasteiger partial charge in [0.2, 0.25) is 0 Å². The molecule has 3 aliphatic heterocycles. The van der Waals surface area contributed by atoms with Crippen molar-refractivity contribution in [3.05, 3.63) is 22.4 Å². The number of likely N-dealkylation sites (tertiary alicyclic amines) is 1. The third-order valence-corrected chi connectivity index (χ3v) is 7.30. The number of rotatable bonds is 6. The Bertz CT molecular complexity index is 618. The Morgan fingerprint density at radius 2 is 2.14 bits per heavy atom. The van der Waals surface area contributed by atoms with Gasteiger partial charge in [-0.05, 0) is 69.5 Å². The third-order valence-electron chi connectivity index (χ3n) is 6.33. The number of thiophene rings is 1. The van der Waals surface area contributed by atoms with Gasteiger partial charge >= 0.3 is 0 Å². The molecule has 4 rings (SSSR count). The van der Waals surface area contributed by atoms with Crippen molar-refractivity contribution in [3.63, 3.8) is 0 Å². The number of guanidine groups is 1. The van der Waals surface area contributed by atoms with E-state index in [0.717, 1.165) is 31.4 Å². The smallest absolute Gasteiger partial charge is 0.191 e. The fourth-order valence-corrected chi connectivity index (χ4v) is 5.52. The van der Waals surface area contributed by atoms with E-state index in [0.29, 0.717) is 24.3 Å². The van der Waals surface area contributed by atoms with Gasteiger partial charge in [0.25, 0.3) is 0 Å². The summed E-state index contributed by atoms with van der Waals surface area (Å²) in [5.74, 6) is 1.80. The average Bonchev–Trinajstić information content (AvgIpc) is 3.42. The Morgan fingerprint density at radius 3 is 2.75 bits per heavy atom. The monoisotopic (exact) mass is 518 g/mol. The van der Waals surface area contributed by atoms with Crippen molar-refractivity contribution in [2.24, 2.45) is 10.9 Å². The van der Waals surface area contributed by atoms with Crippen molar-refractivity contribution < 1.29 is 4.74 Å². The zero-order valence-corrected chi connectivity index (χ0v) is 20.2. The van der Waals surface area contributed by atoms with Crippen molar-refractivity contribution in [3.8, 4) is 0 Å². The van der Waals surface area contributed by atoms with Gasteiger partial charge in [-0.3, -0.25) is 9.89 Å². The van der Waals surface area contributed by atoms with Gasteiger partial charge in [0, 0.05) is 11.4 Å². The van der Waals surface area contributed by atoms with E-state index in [2.05, 4.69) is 46.9 Å². The van der Waals surface area contributed by atoms with E-state index in [1.54, 1.807) is 0 Å². The molecular weight excluding hydrogens is 483 g/mol. The number of nitrogens with zero attached hydrogens (tertiary/aromatic N) is 2. The molecule has 3 saturated heterocycles. The highest BCUT2D eigenvalue weighted by Crippen LogP contribution is 2.34. The number of aliphatic imine (C=N–C) groups is 1. The van der Waals surface area contributed by atoms with E-state index in [4.69, 9.17) is 9.73 Å². The molecule has 28 heavy (non-hydrogen) atoms. The van der Waals surface area contributed by atoms with Crippen LogP contribution < -0.4 is 10.6 Å². The highest BCUT2D eigenvalue weighted by Gasteiger charge is 2.41. The second-order valence-corrected chi connectivity index (χ2v) is 9.31. The van der Waals surface area contributed by atoms with Crippen LogP contribution in [0.15, 0.2) is 22.5 Å². The topological polar surface area (TPSA) is 48.9 Å². The van der Waals surface area contributed by atoms with Gasteiger partial charge in [-0.1, -0.05) is 13.0 Å². The molecular formula is C21H35IN4OS. The lowest BCUT2D eigenvalue weighted by atomic mass is 9.96. The van der Waals surface area contributed by atoms with Gasteiger partial charge in [0.1, 0.15) is 0 Å². The number of fused-ring (bicyclic) bond motifs is 2. The number of ether oxygens (including phenoxy) is 1. The van der Waals surface area contributed by atoms with Gasteiger partial charge in [-0.2, -0.15) is 0 Å². The first-order chi connectivity index (χ1) is 13.2. The molecule has 7 heteroatoms. The van der Waals surface area contributed by atoms with Gasteiger partial charge in [-0.25, -0.2) is 0 Å². The molecule has 158 valence electrons. The molecule has 0 amide bonds. The predicted molar refractivity (Wildman–Crippen MR) is 128 cm³/mol. The third kappa shape index (κ3) is 5.40. The van der Waals surface area contributed by atoms with Crippen LogP contribution in [-0.2, 0) is 4.74 Å². The van der Waals surface area contributed by atoms with E-state index < -0.39 is 0 Å². The Balaban J connectivity index is 0.00000225. The fourth-order valence-electron chi connectivity index (χ4n) is 4.67. The van der Waals surface area contributed by atoms with E-state index in [9.17, 15) is 0 Å². The van der Waals surface area contributed by atoms with Crippen LogP contribution in [0, 0.1) is 5.92 Å². The van der Waals surface area contributed by atoms with Crippen molar-refractivity contribution in [2.75, 3.05) is 26.2 Å². The lowest BCUT2D eigenvalue weighted by Gasteiger charge is -2.35. The van der Waals surface area contributed by atoms with E-state index in [1.165, 1.54) is 43.6 Å². The first-order valence-corrected chi connectivity index (χ1v) is 11.6. The SMILES string of the molecule is CCNC(=NCC(c1cccs1)N1CCC(C)CC1)NC1CC2CCC1O2.I. The highest BCUT2D eigenvalue weighted by molar-refractivity contribution is 14.0. The van der Waals surface area contributed by atoms with Gasteiger partial charge < -0.3 is 15.4 Å². The highest BCUT2D eigenvalue weighted by atomic mass is 127. The summed E-state index contributed by atoms with van der Waals surface area (Å²) in [4.78, 5) is 9.09. The Labute approximate surface area is 190 Å². The minimum absolute atomic E-state index is 0. The van der Waals surface area contributed by atoms with Crippen LogP contribution in [0.25, 0.3) is 0 Å². The summed E-state index contributed by atoms with van der Waals surface area (Å²) in [5, 5.41) is 9.29. The van der Waals surface area contributed by atoms with E-state index >= 15 is 0 Å². The minimum atomic E-state index is 0. The minimum Gasteiger partial charge on any atom is -0.373 e. The molecule has 0 spiro atoms. The molecule has 0 aromatic carbocycles. The molecule has 1 aromatic rings. The quantitative estimate of drug-likeness (QED) is 0.340.